The first-order valence-electron chi connectivity index (χ1n) is 14.7. The molecule has 222 valence electrons. The zero-order chi connectivity index (χ0) is 30.1. The van der Waals surface area contributed by atoms with Crippen LogP contribution < -0.4 is 14.2 Å². The van der Waals surface area contributed by atoms with Gasteiger partial charge in [-0.05, 0) is 84.8 Å². The summed E-state index contributed by atoms with van der Waals surface area (Å²) in [5.41, 5.74) is 3.80. The average molecular weight is 579 g/mol. The van der Waals surface area contributed by atoms with Gasteiger partial charge < -0.3 is 18.9 Å². The molecule has 4 rings (SSSR count). The van der Waals surface area contributed by atoms with Gasteiger partial charge in [-0.1, -0.05) is 72.8 Å². The van der Waals surface area contributed by atoms with Gasteiger partial charge in [0.15, 0.2) is 5.78 Å². The standard InChI is InChI=1S/C37H38O6/c1-29(38)40-25-7-2-3-8-26-41-35-20-14-31(15-21-35)32-16-22-36(23-17-32)43-28-27-42-34-18-11-30(12-19-34)13-24-37(39)33-9-5-4-6-10-33/h4-6,9-24H,2-3,7-8,25-28H2,1H3/b24-13+. The predicted molar refractivity (Wildman–Crippen MR) is 170 cm³/mol. The van der Waals surface area contributed by atoms with Crippen LogP contribution in [-0.2, 0) is 9.53 Å². The minimum absolute atomic E-state index is 0.0251. The summed E-state index contributed by atoms with van der Waals surface area (Å²) >= 11 is 0. The molecule has 43 heavy (non-hydrogen) atoms. The van der Waals surface area contributed by atoms with E-state index in [-0.39, 0.29) is 11.8 Å². The summed E-state index contributed by atoms with van der Waals surface area (Å²) in [6.07, 6.45) is 7.31. The Morgan fingerprint density at radius 3 is 1.58 bits per heavy atom. The topological polar surface area (TPSA) is 71.1 Å². The van der Waals surface area contributed by atoms with Crippen LogP contribution in [0.25, 0.3) is 17.2 Å². The minimum Gasteiger partial charge on any atom is -0.494 e. The first-order chi connectivity index (χ1) is 21.1. The number of unbranched alkanes of at least 4 members (excludes halogenated alkanes) is 3. The molecule has 0 N–H and O–H groups in total. The third kappa shape index (κ3) is 11.2. The molecule has 6 heteroatoms. The molecule has 0 bridgehead atoms. The molecule has 0 aliphatic carbocycles. The Kier molecular flexibility index (Phi) is 12.4. The van der Waals surface area contributed by atoms with E-state index in [0.29, 0.717) is 32.0 Å². The van der Waals surface area contributed by atoms with Crippen molar-refractivity contribution in [2.75, 3.05) is 26.4 Å². The molecule has 0 aliphatic rings. The molecular weight excluding hydrogens is 540 g/mol. The first-order valence-corrected chi connectivity index (χ1v) is 14.7. The summed E-state index contributed by atoms with van der Waals surface area (Å²) < 4.78 is 22.4. The van der Waals surface area contributed by atoms with Crippen LogP contribution in [0.4, 0.5) is 0 Å². The molecule has 0 unspecified atom stereocenters. The highest BCUT2D eigenvalue weighted by Crippen LogP contribution is 2.25. The molecule has 0 fully saturated rings. The van der Waals surface area contributed by atoms with Crippen molar-refractivity contribution in [3.05, 3.63) is 120 Å². The number of rotatable bonds is 17. The van der Waals surface area contributed by atoms with Gasteiger partial charge in [-0.25, -0.2) is 0 Å². The Bertz CT molecular complexity index is 1430. The lowest BCUT2D eigenvalue weighted by Gasteiger charge is -2.10. The number of benzene rings is 4. The molecule has 0 heterocycles. The second-order valence-electron chi connectivity index (χ2n) is 9.98. The summed E-state index contributed by atoms with van der Waals surface area (Å²) in [5, 5.41) is 0. The van der Waals surface area contributed by atoms with E-state index in [1.165, 1.54) is 6.92 Å². The van der Waals surface area contributed by atoms with Crippen molar-refractivity contribution in [3.63, 3.8) is 0 Å². The maximum Gasteiger partial charge on any atom is 0.302 e. The van der Waals surface area contributed by atoms with Crippen LogP contribution in [0.2, 0.25) is 0 Å². The van der Waals surface area contributed by atoms with Crippen molar-refractivity contribution in [1.29, 1.82) is 0 Å². The minimum atomic E-state index is -0.221. The largest absolute Gasteiger partial charge is 0.494 e. The highest BCUT2D eigenvalue weighted by molar-refractivity contribution is 6.06. The Morgan fingerprint density at radius 1 is 0.558 bits per heavy atom. The van der Waals surface area contributed by atoms with Gasteiger partial charge in [-0.2, -0.15) is 0 Å². The third-order valence-electron chi connectivity index (χ3n) is 6.64. The number of esters is 1. The Balaban J connectivity index is 1.12. The number of hydrogen-bond donors (Lipinski definition) is 0. The van der Waals surface area contributed by atoms with Gasteiger partial charge in [-0.15, -0.1) is 0 Å². The molecule has 4 aromatic rings. The molecule has 0 atom stereocenters. The quantitative estimate of drug-likeness (QED) is 0.0544. The molecule has 4 aromatic carbocycles. The number of ether oxygens (including phenoxy) is 4. The van der Waals surface area contributed by atoms with Gasteiger partial charge in [0.1, 0.15) is 30.5 Å². The zero-order valence-electron chi connectivity index (χ0n) is 24.6. The monoisotopic (exact) mass is 578 g/mol. The molecule has 0 aromatic heterocycles. The van der Waals surface area contributed by atoms with Gasteiger partial charge in [-0.3, -0.25) is 9.59 Å². The molecule has 0 saturated carbocycles. The summed E-state index contributed by atoms with van der Waals surface area (Å²) in [7, 11) is 0. The molecule has 0 amide bonds. The lowest BCUT2D eigenvalue weighted by Crippen LogP contribution is -2.08. The maximum absolute atomic E-state index is 12.2. The van der Waals surface area contributed by atoms with E-state index in [4.69, 9.17) is 18.9 Å². The number of ketones is 1. The summed E-state index contributed by atoms with van der Waals surface area (Å²) in [4.78, 5) is 23.0. The summed E-state index contributed by atoms with van der Waals surface area (Å²) in [6, 6.07) is 32.9. The van der Waals surface area contributed by atoms with Crippen LogP contribution in [0.1, 0.15) is 48.5 Å². The number of allylic oxidation sites excluding steroid dienone is 1. The fourth-order valence-corrected chi connectivity index (χ4v) is 4.32. The van der Waals surface area contributed by atoms with Crippen LogP contribution in [0, 0.1) is 0 Å². The van der Waals surface area contributed by atoms with Crippen LogP contribution in [0.15, 0.2) is 109 Å². The van der Waals surface area contributed by atoms with E-state index in [9.17, 15) is 9.59 Å². The Labute approximate surface area is 253 Å². The van der Waals surface area contributed by atoms with E-state index >= 15 is 0 Å². The van der Waals surface area contributed by atoms with Crippen LogP contribution in [0.3, 0.4) is 0 Å². The van der Waals surface area contributed by atoms with Crippen LogP contribution in [-0.4, -0.2) is 38.2 Å². The Morgan fingerprint density at radius 2 is 1.05 bits per heavy atom. The van der Waals surface area contributed by atoms with E-state index in [1.54, 1.807) is 24.3 Å². The van der Waals surface area contributed by atoms with Gasteiger partial charge >= 0.3 is 5.97 Å². The molecule has 0 aliphatic heterocycles. The average Bonchev–Trinajstić information content (AvgIpc) is 3.04. The highest BCUT2D eigenvalue weighted by Gasteiger charge is 2.03. The zero-order valence-corrected chi connectivity index (χ0v) is 24.6. The second kappa shape index (κ2) is 17.2. The lowest BCUT2D eigenvalue weighted by molar-refractivity contribution is -0.141. The predicted octanol–water partition coefficient (Wildman–Crippen LogP) is 8.21. The van der Waals surface area contributed by atoms with Gasteiger partial charge in [0.2, 0.25) is 0 Å². The molecule has 0 radical (unpaired) electrons. The van der Waals surface area contributed by atoms with Crippen molar-refractivity contribution < 1.29 is 28.5 Å². The third-order valence-corrected chi connectivity index (χ3v) is 6.64. The number of hydrogen-bond acceptors (Lipinski definition) is 6. The normalized spacial score (nSPS) is 10.8. The Hall–Kier alpha value is -4.84. The number of carbonyl (C=O) groups is 2. The van der Waals surface area contributed by atoms with Gasteiger partial charge in [0.25, 0.3) is 0 Å². The van der Waals surface area contributed by atoms with Gasteiger partial charge in [0, 0.05) is 12.5 Å². The van der Waals surface area contributed by atoms with Crippen molar-refractivity contribution in [3.8, 4) is 28.4 Å². The number of carbonyl (C=O) groups excluding carboxylic acids is 2. The SMILES string of the molecule is CC(=O)OCCCCCCOc1ccc(-c2ccc(OCCOc3ccc(/C=C/C(=O)c4ccccc4)cc3)cc2)cc1. The van der Waals surface area contributed by atoms with Gasteiger partial charge in [0.05, 0.1) is 13.2 Å². The van der Waals surface area contributed by atoms with E-state index in [2.05, 4.69) is 12.1 Å². The molecule has 6 nitrogen and oxygen atoms in total. The van der Waals surface area contributed by atoms with Crippen LogP contribution in [0.5, 0.6) is 17.2 Å². The first kappa shape index (κ1) is 31.1. The molecule has 0 spiro atoms. The van der Waals surface area contributed by atoms with Crippen molar-refractivity contribution in [2.45, 2.75) is 32.6 Å². The molecule has 0 saturated heterocycles. The van der Waals surface area contributed by atoms with Crippen molar-refractivity contribution in [1.82, 2.24) is 0 Å². The van der Waals surface area contributed by atoms with E-state index in [1.807, 2.05) is 78.9 Å². The van der Waals surface area contributed by atoms with E-state index in [0.717, 1.165) is 59.6 Å². The van der Waals surface area contributed by atoms with E-state index < -0.39 is 0 Å². The fraction of sp³-hybridized carbons (Fsp3) is 0.243. The molecular formula is C37H38O6. The summed E-state index contributed by atoms with van der Waals surface area (Å²) in [6.45, 7) is 3.44. The smallest absolute Gasteiger partial charge is 0.302 e. The maximum atomic E-state index is 12.2. The fourth-order valence-electron chi connectivity index (χ4n) is 4.32. The van der Waals surface area contributed by atoms with Crippen LogP contribution >= 0.6 is 0 Å². The lowest BCUT2D eigenvalue weighted by atomic mass is 10.1. The van der Waals surface area contributed by atoms with Crippen molar-refractivity contribution >= 4 is 17.8 Å². The summed E-state index contributed by atoms with van der Waals surface area (Å²) in [5.74, 6) is 2.13. The van der Waals surface area contributed by atoms with Crippen molar-refractivity contribution in [2.24, 2.45) is 0 Å². The highest BCUT2D eigenvalue weighted by atomic mass is 16.5. The second-order valence-corrected chi connectivity index (χ2v) is 9.98.